The molecule has 1 amide bonds. The predicted octanol–water partition coefficient (Wildman–Crippen LogP) is 5.05. The summed E-state index contributed by atoms with van der Waals surface area (Å²) < 4.78 is 5.75. The lowest BCUT2D eigenvalue weighted by molar-refractivity contribution is -0.384. The van der Waals surface area contributed by atoms with Crippen molar-refractivity contribution in [3.8, 4) is 11.3 Å². The SMILES string of the molecule is Cc1ccc(N=C2NC(=O)C(=Cc3ccc(-c4cccc([N+](=O)[O-])c4)o3)S2)cc1. The number of amidine groups is 1. The molecule has 1 aliphatic heterocycles. The first-order valence-corrected chi connectivity index (χ1v) is 9.50. The fourth-order valence-electron chi connectivity index (χ4n) is 2.70. The van der Waals surface area contributed by atoms with Crippen LogP contribution in [0.25, 0.3) is 17.4 Å². The molecule has 29 heavy (non-hydrogen) atoms. The number of nitro benzene ring substituents is 1. The van der Waals surface area contributed by atoms with Gasteiger partial charge in [-0.15, -0.1) is 0 Å². The van der Waals surface area contributed by atoms with E-state index in [-0.39, 0.29) is 11.6 Å². The molecule has 1 N–H and O–H groups in total. The van der Waals surface area contributed by atoms with Gasteiger partial charge in [0, 0.05) is 23.8 Å². The summed E-state index contributed by atoms with van der Waals surface area (Å²) in [6.45, 7) is 2.00. The van der Waals surface area contributed by atoms with Gasteiger partial charge in [-0.2, -0.15) is 0 Å². The summed E-state index contributed by atoms with van der Waals surface area (Å²) in [5.74, 6) is 0.701. The highest BCUT2D eigenvalue weighted by Crippen LogP contribution is 2.31. The van der Waals surface area contributed by atoms with E-state index in [0.29, 0.717) is 27.2 Å². The van der Waals surface area contributed by atoms with E-state index in [4.69, 9.17) is 4.42 Å². The number of aryl methyl sites for hydroxylation is 1. The minimum atomic E-state index is -0.455. The first-order chi connectivity index (χ1) is 14.0. The smallest absolute Gasteiger partial charge is 0.270 e. The number of carbonyl (C=O) groups is 1. The topological polar surface area (TPSA) is 97.7 Å². The van der Waals surface area contributed by atoms with Crippen LogP contribution in [0.15, 0.2) is 75.0 Å². The number of nitrogens with zero attached hydrogens (tertiary/aromatic N) is 2. The van der Waals surface area contributed by atoms with E-state index >= 15 is 0 Å². The van der Waals surface area contributed by atoms with E-state index in [0.717, 1.165) is 11.3 Å². The van der Waals surface area contributed by atoms with Crippen molar-refractivity contribution in [2.75, 3.05) is 0 Å². The first kappa shape index (κ1) is 18.7. The Labute approximate surface area is 170 Å². The summed E-state index contributed by atoms with van der Waals surface area (Å²) in [6, 6.07) is 17.3. The van der Waals surface area contributed by atoms with E-state index in [1.54, 1.807) is 30.3 Å². The Bertz CT molecular complexity index is 1160. The average molecular weight is 405 g/mol. The molecule has 8 heteroatoms. The Balaban J connectivity index is 1.54. The second-order valence-corrected chi connectivity index (χ2v) is 7.36. The molecule has 1 aromatic heterocycles. The van der Waals surface area contributed by atoms with Crippen LogP contribution in [0.3, 0.4) is 0 Å². The molecule has 0 unspecified atom stereocenters. The van der Waals surface area contributed by atoms with Crippen molar-refractivity contribution in [2.45, 2.75) is 6.92 Å². The van der Waals surface area contributed by atoms with Gasteiger partial charge in [0.15, 0.2) is 5.17 Å². The Kier molecular flexibility index (Phi) is 5.01. The Morgan fingerprint density at radius 3 is 2.69 bits per heavy atom. The molecule has 1 aliphatic rings. The maximum absolute atomic E-state index is 12.2. The maximum Gasteiger partial charge on any atom is 0.270 e. The number of thioether (sulfide) groups is 1. The molecule has 0 atom stereocenters. The van der Waals surface area contributed by atoms with Crippen molar-refractivity contribution in [3.63, 3.8) is 0 Å². The molecule has 0 saturated carbocycles. The molecule has 4 rings (SSSR count). The highest BCUT2D eigenvalue weighted by Gasteiger charge is 2.24. The Hall–Kier alpha value is -3.65. The van der Waals surface area contributed by atoms with Crippen LogP contribution < -0.4 is 5.32 Å². The van der Waals surface area contributed by atoms with Crippen molar-refractivity contribution in [1.29, 1.82) is 0 Å². The van der Waals surface area contributed by atoms with Crippen LogP contribution in [0, 0.1) is 17.0 Å². The maximum atomic E-state index is 12.2. The zero-order valence-electron chi connectivity index (χ0n) is 15.3. The minimum absolute atomic E-state index is 0.0125. The predicted molar refractivity (Wildman–Crippen MR) is 113 cm³/mol. The number of nitrogens with one attached hydrogen (secondary N) is 1. The minimum Gasteiger partial charge on any atom is -0.457 e. The number of hydrogen-bond donors (Lipinski definition) is 1. The average Bonchev–Trinajstić information content (AvgIpc) is 3.31. The van der Waals surface area contributed by atoms with Crippen molar-refractivity contribution >= 4 is 40.3 Å². The van der Waals surface area contributed by atoms with Gasteiger partial charge in [-0.05, 0) is 43.0 Å². The molecular formula is C21H15N3O4S. The molecule has 0 radical (unpaired) electrons. The van der Waals surface area contributed by atoms with Crippen LogP contribution in [0.5, 0.6) is 0 Å². The number of furan rings is 1. The highest BCUT2D eigenvalue weighted by atomic mass is 32.2. The van der Waals surface area contributed by atoms with E-state index in [1.165, 1.54) is 23.9 Å². The lowest BCUT2D eigenvalue weighted by Gasteiger charge is -1.97. The molecule has 1 fully saturated rings. The van der Waals surface area contributed by atoms with Gasteiger partial charge < -0.3 is 9.73 Å². The molecule has 144 valence electrons. The largest absolute Gasteiger partial charge is 0.457 e. The van der Waals surface area contributed by atoms with Gasteiger partial charge in [-0.3, -0.25) is 14.9 Å². The Morgan fingerprint density at radius 2 is 1.93 bits per heavy atom. The fourth-order valence-corrected chi connectivity index (χ4v) is 3.53. The van der Waals surface area contributed by atoms with Crippen molar-refractivity contribution in [2.24, 2.45) is 4.99 Å². The normalized spacial score (nSPS) is 16.4. The molecule has 7 nitrogen and oxygen atoms in total. The second-order valence-electron chi connectivity index (χ2n) is 6.33. The van der Waals surface area contributed by atoms with Crippen LogP contribution in [-0.2, 0) is 4.79 Å². The van der Waals surface area contributed by atoms with Gasteiger partial charge in [0.25, 0.3) is 11.6 Å². The lowest BCUT2D eigenvalue weighted by Crippen LogP contribution is -2.19. The molecule has 0 aliphatic carbocycles. The van der Waals surface area contributed by atoms with E-state index in [9.17, 15) is 14.9 Å². The van der Waals surface area contributed by atoms with Crippen LogP contribution in [0.1, 0.15) is 11.3 Å². The highest BCUT2D eigenvalue weighted by molar-refractivity contribution is 8.18. The molecule has 0 spiro atoms. The monoisotopic (exact) mass is 405 g/mol. The van der Waals surface area contributed by atoms with Gasteiger partial charge in [0.2, 0.25) is 0 Å². The lowest BCUT2D eigenvalue weighted by atomic mass is 10.1. The van der Waals surface area contributed by atoms with Crippen LogP contribution in [0.4, 0.5) is 11.4 Å². The van der Waals surface area contributed by atoms with E-state index in [1.807, 2.05) is 31.2 Å². The zero-order valence-corrected chi connectivity index (χ0v) is 16.1. The molecular weight excluding hydrogens is 390 g/mol. The summed E-state index contributed by atoms with van der Waals surface area (Å²) in [6.07, 6.45) is 1.62. The fraction of sp³-hybridized carbons (Fsp3) is 0.0476. The standard InChI is InChI=1S/C21H15N3O4S/c1-13-5-7-15(8-6-13)22-21-23-20(25)19(29-21)12-17-9-10-18(28-17)14-3-2-4-16(11-14)24(26)27/h2-12H,1H3,(H,22,23,25). The molecule has 3 aromatic rings. The summed E-state index contributed by atoms with van der Waals surface area (Å²) in [5, 5.41) is 14.2. The number of carbonyl (C=O) groups excluding carboxylic acids is 1. The Morgan fingerprint density at radius 1 is 1.14 bits per heavy atom. The van der Waals surface area contributed by atoms with E-state index in [2.05, 4.69) is 10.3 Å². The van der Waals surface area contributed by atoms with Gasteiger partial charge in [0.1, 0.15) is 11.5 Å². The van der Waals surface area contributed by atoms with Crippen molar-refractivity contribution in [3.05, 3.63) is 87.0 Å². The van der Waals surface area contributed by atoms with Crippen LogP contribution in [-0.4, -0.2) is 16.0 Å². The first-order valence-electron chi connectivity index (χ1n) is 8.69. The van der Waals surface area contributed by atoms with Crippen LogP contribution >= 0.6 is 11.8 Å². The number of aliphatic imine (C=N–C) groups is 1. The summed E-state index contributed by atoms with van der Waals surface area (Å²) >= 11 is 1.23. The molecule has 1 saturated heterocycles. The van der Waals surface area contributed by atoms with Crippen LogP contribution in [0.2, 0.25) is 0 Å². The number of rotatable bonds is 4. The molecule has 2 heterocycles. The second kappa shape index (κ2) is 7.76. The van der Waals surface area contributed by atoms with Gasteiger partial charge in [-0.1, -0.05) is 29.8 Å². The third-order valence-electron chi connectivity index (χ3n) is 4.16. The third-order valence-corrected chi connectivity index (χ3v) is 5.07. The number of benzene rings is 2. The van der Waals surface area contributed by atoms with Crippen molar-refractivity contribution in [1.82, 2.24) is 5.32 Å². The van der Waals surface area contributed by atoms with Crippen molar-refractivity contribution < 1.29 is 14.1 Å². The summed E-state index contributed by atoms with van der Waals surface area (Å²) in [5.41, 5.74) is 2.47. The number of non-ortho nitro benzene ring substituents is 1. The summed E-state index contributed by atoms with van der Waals surface area (Å²) in [7, 11) is 0. The number of hydrogen-bond acceptors (Lipinski definition) is 6. The van der Waals surface area contributed by atoms with Gasteiger partial charge >= 0.3 is 0 Å². The zero-order chi connectivity index (χ0) is 20.4. The van der Waals surface area contributed by atoms with Gasteiger partial charge in [0.05, 0.1) is 15.5 Å². The quantitative estimate of drug-likeness (QED) is 0.372. The summed E-state index contributed by atoms with van der Waals surface area (Å²) in [4.78, 5) is 27.6. The number of amides is 1. The van der Waals surface area contributed by atoms with Gasteiger partial charge in [-0.25, -0.2) is 4.99 Å². The molecule has 0 bridgehead atoms. The third kappa shape index (κ3) is 4.27. The molecule has 2 aromatic carbocycles. The number of nitro groups is 1. The van der Waals surface area contributed by atoms with E-state index < -0.39 is 4.92 Å².